The van der Waals surface area contributed by atoms with Crippen LogP contribution in [0.25, 0.3) is 0 Å². The monoisotopic (exact) mass is 467 g/mol. The lowest BCUT2D eigenvalue weighted by Crippen LogP contribution is -2.52. The van der Waals surface area contributed by atoms with E-state index in [1.54, 1.807) is 12.1 Å². The minimum Gasteiger partial charge on any atom is -0.445 e. The van der Waals surface area contributed by atoms with Crippen LogP contribution in [0.3, 0.4) is 0 Å². The molecule has 1 saturated heterocycles. The topological polar surface area (TPSA) is 53.6 Å². The zero-order valence-electron chi connectivity index (χ0n) is 20.2. The Hall–Kier alpha value is -2.44. The van der Waals surface area contributed by atoms with Gasteiger partial charge in [-0.2, -0.15) is 0 Å². The van der Waals surface area contributed by atoms with E-state index in [-0.39, 0.29) is 24.6 Å². The van der Waals surface area contributed by atoms with Gasteiger partial charge in [0, 0.05) is 25.2 Å². The average molecular weight is 468 g/mol. The number of nitrogens with zero attached hydrogens (tertiary/aromatic N) is 1. The summed E-state index contributed by atoms with van der Waals surface area (Å²) in [5, 5.41) is 6.58. The molecular formula is C28H38FN3O2. The maximum Gasteiger partial charge on any atom is 0.407 e. The summed E-state index contributed by atoms with van der Waals surface area (Å²) in [6.07, 6.45) is 6.22. The molecule has 1 aliphatic heterocycles. The molecule has 184 valence electrons. The molecule has 5 nitrogen and oxygen atoms in total. The Labute approximate surface area is 203 Å². The molecule has 6 heteroatoms. The highest BCUT2D eigenvalue weighted by Crippen LogP contribution is 2.28. The van der Waals surface area contributed by atoms with E-state index in [0.29, 0.717) is 17.9 Å². The Morgan fingerprint density at radius 3 is 2.62 bits per heavy atom. The number of benzene rings is 2. The standard InChI is InChI=1S/C28H38FN3O2/c1-30-26-14-11-24(27(17-26)31-28(33)34-20-22-6-3-2-4-7-22)19-32-15-5-8-23(18-32)16-21-9-12-25(29)13-10-21/h2-4,6-7,9-10,12-13,23-24,26-27,30H,5,8,11,14-20H2,1H3,(H,31,33)/t23-,24-,26+,27+/m0/s1. The summed E-state index contributed by atoms with van der Waals surface area (Å²) in [6.45, 7) is 3.46. The number of likely N-dealkylation sites (tertiary alicyclic amines) is 1. The molecule has 0 spiro atoms. The van der Waals surface area contributed by atoms with Crippen molar-refractivity contribution in [2.45, 2.75) is 57.2 Å². The van der Waals surface area contributed by atoms with Gasteiger partial charge >= 0.3 is 6.09 Å². The molecule has 0 bridgehead atoms. The smallest absolute Gasteiger partial charge is 0.407 e. The van der Waals surface area contributed by atoms with E-state index in [1.807, 2.05) is 49.5 Å². The first kappa shape index (κ1) is 24.7. The van der Waals surface area contributed by atoms with Crippen molar-refractivity contribution in [3.05, 3.63) is 71.5 Å². The van der Waals surface area contributed by atoms with Crippen LogP contribution in [-0.2, 0) is 17.8 Å². The average Bonchev–Trinajstić information content (AvgIpc) is 2.86. The maximum atomic E-state index is 13.3. The predicted octanol–water partition coefficient (Wildman–Crippen LogP) is 4.76. The summed E-state index contributed by atoms with van der Waals surface area (Å²) in [5.74, 6) is 0.834. The van der Waals surface area contributed by atoms with Gasteiger partial charge in [0.25, 0.3) is 0 Å². The zero-order valence-corrected chi connectivity index (χ0v) is 20.2. The lowest BCUT2D eigenvalue weighted by atomic mass is 9.80. The number of ether oxygens (including phenoxy) is 1. The lowest BCUT2D eigenvalue weighted by molar-refractivity contribution is 0.0989. The fraction of sp³-hybridized carbons (Fsp3) is 0.536. The molecular weight excluding hydrogens is 429 g/mol. The fourth-order valence-corrected chi connectivity index (χ4v) is 5.58. The Morgan fingerprint density at radius 2 is 1.85 bits per heavy atom. The van der Waals surface area contributed by atoms with Crippen LogP contribution in [0, 0.1) is 17.7 Å². The van der Waals surface area contributed by atoms with Gasteiger partial charge in [-0.05, 0) is 87.2 Å². The molecule has 34 heavy (non-hydrogen) atoms. The molecule has 2 N–H and O–H groups in total. The summed E-state index contributed by atoms with van der Waals surface area (Å²) in [6, 6.07) is 17.3. The van der Waals surface area contributed by atoms with Crippen LogP contribution in [0.5, 0.6) is 0 Å². The quantitative estimate of drug-likeness (QED) is 0.588. The second-order valence-corrected chi connectivity index (χ2v) is 9.97. The minimum absolute atomic E-state index is 0.104. The molecule has 1 aliphatic carbocycles. The van der Waals surface area contributed by atoms with Gasteiger partial charge in [-0.3, -0.25) is 0 Å². The fourth-order valence-electron chi connectivity index (χ4n) is 5.58. The molecule has 0 radical (unpaired) electrons. The lowest BCUT2D eigenvalue weighted by Gasteiger charge is -2.41. The first-order valence-corrected chi connectivity index (χ1v) is 12.7. The van der Waals surface area contributed by atoms with E-state index in [0.717, 1.165) is 50.9 Å². The first-order chi connectivity index (χ1) is 16.6. The van der Waals surface area contributed by atoms with Crippen molar-refractivity contribution in [1.82, 2.24) is 15.5 Å². The minimum atomic E-state index is -0.330. The second-order valence-electron chi connectivity index (χ2n) is 9.97. The largest absolute Gasteiger partial charge is 0.445 e. The highest BCUT2D eigenvalue weighted by atomic mass is 19.1. The van der Waals surface area contributed by atoms with Crippen molar-refractivity contribution < 1.29 is 13.9 Å². The van der Waals surface area contributed by atoms with E-state index >= 15 is 0 Å². The van der Waals surface area contributed by atoms with Crippen LogP contribution in [0.4, 0.5) is 9.18 Å². The number of carbonyl (C=O) groups excluding carboxylic acids is 1. The van der Waals surface area contributed by atoms with Crippen molar-refractivity contribution in [3.63, 3.8) is 0 Å². The van der Waals surface area contributed by atoms with Crippen molar-refractivity contribution in [2.75, 3.05) is 26.7 Å². The van der Waals surface area contributed by atoms with E-state index in [9.17, 15) is 9.18 Å². The van der Waals surface area contributed by atoms with E-state index in [4.69, 9.17) is 4.74 Å². The number of nitrogens with one attached hydrogen (secondary N) is 2. The number of hydrogen-bond donors (Lipinski definition) is 2. The zero-order chi connectivity index (χ0) is 23.8. The molecule has 0 aromatic heterocycles. The molecule has 1 saturated carbocycles. The number of piperidine rings is 1. The van der Waals surface area contributed by atoms with Gasteiger partial charge in [0.05, 0.1) is 0 Å². The Morgan fingerprint density at radius 1 is 1.06 bits per heavy atom. The summed E-state index contributed by atoms with van der Waals surface area (Å²) in [5.41, 5.74) is 2.20. The van der Waals surface area contributed by atoms with Gasteiger partial charge in [0.1, 0.15) is 12.4 Å². The van der Waals surface area contributed by atoms with Crippen LogP contribution in [-0.4, -0.2) is 49.8 Å². The normalized spacial score (nSPS) is 25.6. The third-order valence-electron chi connectivity index (χ3n) is 7.45. The van der Waals surface area contributed by atoms with Gasteiger partial charge in [0.15, 0.2) is 0 Å². The molecule has 2 fully saturated rings. The molecule has 1 amide bonds. The molecule has 0 unspecified atom stereocenters. The summed E-state index contributed by atoms with van der Waals surface area (Å²) >= 11 is 0. The Balaban J connectivity index is 1.31. The van der Waals surface area contributed by atoms with E-state index < -0.39 is 0 Å². The van der Waals surface area contributed by atoms with Crippen molar-refractivity contribution >= 4 is 6.09 Å². The van der Waals surface area contributed by atoms with E-state index in [2.05, 4.69) is 15.5 Å². The van der Waals surface area contributed by atoms with Gasteiger partial charge in [-0.25, -0.2) is 9.18 Å². The number of rotatable bonds is 8. The number of halogens is 1. The van der Waals surface area contributed by atoms with Gasteiger partial charge in [-0.1, -0.05) is 42.5 Å². The third kappa shape index (κ3) is 7.28. The Kier molecular flexibility index (Phi) is 8.94. The van der Waals surface area contributed by atoms with Crippen LogP contribution in [0.2, 0.25) is 0 Å². The van der Waals surface area contributed by atoms with Crippen LogP contribution < -0.4 is 10.6 Å². The predicted molar refractivity (Wildman–Crippen MR) is 133 cm³/mol. The number of amides is 1. The summed E-state index contributed by atoms with van der Waals surface area (Å²) < 4.78 is 18.8. The SMILES string of the molecule is CN[C@@H]1CC[C@@H](CN2CCC[C@@H](Cc3ccc(F)cc3)C2)[C@H](NC(=O)OCc2ccccc2)C1. The van der Waals surface area contributed by atoms with Crippen molar-refractivity contribution in [3.8, 4) is 0 Å². The van der Waals surface area contributed by atoms with Gasteiger partial charge in [-0.15, -0.1) is 0 Å². The molecule has 2 aliphatic rings. The summed E-state index contributed by atoms with van der Waals surface area (Å²) in [7, 11) is 2.00. The van der Waals surface area contributed by atoms with E-state index in [1.165, 1.54) is 18.4 Å². The number of alkyl carbamates (subject to hydrolysis) is 1. The molecule has 2 aromatic carbocycles. The van der Waals surface area contributed by atoms with Crippen LogP contribution in [0.1, 0.15) is 43.2 Å². The maximum absolute atomic E-state index is 13.3. The number of hydrogen-bond acceptors (Lipinski definition) is 4. The van der Waals surface area contributed by atoms with Crippen LogP contribution >= 0.6 is 0 Å². The van der Waals surface area contributed by atoms with Crippen LogP contribution in [0.15, 0.2) is 54.6 Å². The highest BCUT2D eigenvalue weighted by Gasteiger charge is 2.33. The van der Waals surface area contributed by atoms with Gasteiger partial charge < -0.3 is 20.3 Å². The summed E-state index contributed by atoms with van der Waals surface area (Å²) in [4.78, 5) is 15.2. The second kappa shape index (κ2) is 12.3. The third-order valence-corrected chi connectivity index (χ3v) is 7.45. The molecule has 1 heterocycles. The highest BCUT2D eigenvalue weighted by molar-refractivity contribution is 5.67. The van der Waals surface area contributed by atoms with Crippen molar-refractivity contribution in [1.29, 1.82) is 0 Å². The molecule has 4 atom stereocenters. The molecule has 4 rings (SSSR count). The Bertz CT molecular complexity index is 892. The number of carbonyl (C=O) groups is 1. The van der Waals surface area contributed by atoms with Crippen molar-refractivity contribution in [2.24, 2.45) is 11.8 Å². The first-order valence-electron chi connectivity index (χ1n) is 12.7. The van der Waals surface area contributed by atoms with Gasteiger partial charge in [0.2, 0.25) is 0 Å². The molecule has 2 aromatic rings.